The van der Waals surface area contributed by atoms with Crippen molar-refractivity contribution >= 4 is 41.9 Å². The van der Waals surface area contributed by atoms with Crippen molar-refractivity contribution in [3.63, 3.8) is 0 Å². The average Bonchev–Trinajstić information content (AvgIpc) is 3.34. The Bertz CT molecular complexity index is 981. The second kappa shape index (κ2) is 14.0. The van der Waals surface area contributed by atoms with Crippen LogP contribution in [0, 0.1) is 5.41 Å². The van der Waals surface area contributed by atoms with Gasteiger partial charge in [0.15, 0.2) is 0 Å². The maximum absolute atomic E-state index is 12.3. The topological polar surface area (TPSA) is 159 Å². The van der Waals surface area contributed by atoms with Crippen LogP contribution in [0.4, 0.5) is 0 Å². The second-order valence-corrected chi connectivity index (χ2v) is 8.80. The Kier molecular flexibility index (Phi) is 11.1. The number of rotatable bonds is 17. The van der Waals surface area contributed by atoms with Gasteiger partial charge in [0.1, 0.15) is 0 Å². The third kappa shape index (κ3) is 8.60. The molecule has 1 N–H and O–H groups in total. The molecule has 0 fully saturated rings. The highest BCUT2D eigenvalue weighted by Crippen LogP contribution is 2.33. The van der Waals surface area contributed by atoms with Crippen LogP contribution in [0.2, 0.25) is 0 Å². The summed E-state index contributed by atoms with van der Waals surface area (Å²) >= 11 is 0. The fourth-order valence-electron chi connectivity index (χ4n) is 4.18. The van der Waals surface area contributed by atoms with Gasteiger partial charge in [-0.3, -0.25) is 48.3 Å². The minimum Gasteiger partial charge on any atom is -0.481 e. The van der Waals surface area contributed by atoms with Crippen molar-refractivity contribution in [2.75, 3.05) is 32.8 Å². The van der Waals surface area contributed by atoms with Crippen LogP contribution < -0.4 is 0 Å². The van der Waals surface area contributed by atoms with Gasteiger partial charge in [0, 0.05) is 49.4 Å². The third-order valence-electron chi connectivity index (χ3n) is 6.08. The standard InChI is InChI=1S/C25H31N3O9/c1-2-5-19(30)26(18-29)13-3-11-25(17-37-15-10-24(35)36,16-28-22(33)8-9-23(28)34)12-4-14-27-20(31)6-7-21(27)32/h2,5-9,18H,3-4,10-17H2,1H3,(H,35,36)/b5-2-. The van der Waals surface area contributed by atoms with Gasteiger partial charge in [0.05, 0.1) is 19.6 Å². The molecule has 0 radical (unpaired) electrons. The molecule has 6 amide bonds. The van der Waals surface area contributed by atoms with E-state index in [0.29, 0.717) is 32.1 Å². The molecule has 2 rings (SSSR count). The summed E-state index contributed by atoms with van der Waals surface area (Å²) < 4.78 is 5.65. The molecule has 1 unspecified atom stereocenters. The first-order valence-electron chi connectivity index (χ1n) is 11.9. The Morgan fingerprint density at radius 1 is 0.973 bits per heavy atom. The van der Waals surface area contributed by atoms with Crippen LogP contribution in [0.15, 0.2) is 36.5 Å². The normalized spacial score (nSPS) is 16.8. The van der Waals surface area contributed by atoms with Crippen molar-refractivity contribution in [3.05, 3.63) is 36.5 Å². The summed E-state index contributed by atoms with van der Waals surface area (Å²) in [5, 5.41) is 8.94. The summed E-state index contributed by atoms with van der Waals surface area (Å²) in [5.41, 5.74) is -0.896. The Morgan fingerprint density at radius 2 is 1.54 bits per heavy atom. The number of carbonyl (C=O) groups excluding carboxylic acids is 6. The molecule has 0 aromatic rings. The van der Waals surface area contributed by atoms with Crippen LogP contribution in [0.5, 0.6) is 0 Å². The Morgan fingerprint density at radius 3 is 2.08 bits per heavy atom. The van der Waals surface area contributed by atoms with E-state index in [0.717, 1.165) is 26.9 Å². The molecule has 0 aromatic heterocycles. The highest BCUT2D eigenvalue weighted by molar-refractivity contribution is 6.13. The van der Waals surface area contributed by atoms with Crippen LogP contribution in [0.25, 0.3) is 0 Å². The maximum atomic E-state index is 12.3. The van der Waals surface area contributed by atoms with E-state index in [4.69, 9.17) is 9.84 Å². The average molecular weight is 518 g/mol. The number of imide groups is 3. The van der Waals surface area contributed by atoms with Gasteiger partial charge in [-0.25, -0.2) is 0 Å². The van der Waals surface area contributed by atoms with Crippen LogP contribution in [0.1, 0.15) is 39.0 Å². The van der Waals surface area contributed by atoms with Crippen LogP contribution >= 0.6 is 0 Å². The molecule has 0 saturated heterocycles. The van der Waals surface area contributed by atoms with Crippen molar-refractivity contribution in [3.8, 4) is 0 Å². The molecule has 2 heterocycles. The van der Waals surface area contributed by atoms with Gasteiger partial charge in [-0.2, -0.15) is 0 Å². The van der Waals surface area contributed by atoms with Crippen molar-refractivity contribution in [2.45, 2.75) is 39.0 Å². The van der Waals surface area contributed by atoms with Gasteiger partial charge in [0.2, 0.25) is 6.41 Å². The van der Waals surface area contributed by atoms with E-state index < -0.39 is 40.9 Å². The van der Waals surface area contributed by atoms with Crippen LogP contribution in [0.3, 0.4) is 0 Å². The maximum Gasteiger partial charge on any atom is 0.305 e. The zero-order valence-electron chi connectivity index (χ0n) is 20.7. The summed E-state index contributed by atoms with van der Waals surface area (Å²) in [6.07, 6.45) is 8.79. The number of nitrogens with zero attached hydrogens (tertiary/aromatic N) is 3. The van der Waals surface area contributed by atoms with E-state index in [9.17, 15) is 33.6 Å². The van der Waals surface area contributed by atoms with Gasteiger partial charge in [-0.15, -0.1) is 0 Å². The molecule has 0 saturated carbocycles. The number of allylic oxidation sites excluding steroid dienone is 1. The third-order valence-corrected chi connectivity index (χ3v) is 6.08. The van der Waals surface area contributed by atoms with Crippen molar-refractivity contribution in [1.29, 1.82) is 0 Å². The smallest absolute Gasteiger partial charge is 0.305 e. The summed E-state index contributed by atoms with van der Waals surface area (Å²) in [6, 6.07) is 0. The fraction of sp³-hybridized carbons (Fsp3) is 0.480. The number of amides is 6. The molecular weight excluding hydrogens is 486 g/mol. The highest BCUT2D eigenvalue weighted by atomic mass is 16.5. The van der Waals surface area contributed by atoms with E-state index in [1.807, 2.05) is 0 Å². The minimum absolute atomic E-state index is 0.0264. The number of aliphatic carboxylic acids is 1. The van der Waals surface area contributed by atoms with Gasteiger partial charge < -0.3 is 9.84 Å². The lowest BCUT2D eigenvalue weighted by molar-refractivity contribution is -0.140. The first-order valence-corrected chi connectivity index (χ1v) is 11.9. The monoisotopic (exact) mass is 517 g/mol. The molecule has 12 nitrogen and oxygen atoms in total. The lowest BCUT2D eigenvalue weighted by Crippen LogP contribution is -2.45. The predicted molar refractivity (Wildman–Crippen MR) is 128 cm³/mol. The summed E-state index contributed by atoms with van der Waals surface area (Å²) in [5.74, 6) is -3.44. The first-order chi connectivity index (χ1) is 17.6. The lowest BCUT2D eigenvalue weighted by Gasteiger charge is -2.37. The van der Waals surface area contributed by atoms with Crippen molar-refractivity contribution < 1.29 is 43.4 Å². The highest BCUT2D eigenvalue weighted by Gasteiger charge is 2.37. The van der Waals surface area contributed by atoms with E-state index in [2.05, 4.69) is 0 Å². The summed E-state index contributed by atoms with van der Waals surface area (Å²) in [6.45, 7) is 1.61. The van der Waals surface area contributed by atoms with E-state index >= 15 is 0 Å². The van der Waals surface area contributed by atoms with Gasteiger partial charge in [0.25, 0.3) is 29.5 Å². The minimum atomic E-state index is -1.05. The van der Waals surface area contributed by atoms with Gasteiger partial charge >= 0.3 is 5.97 Å². The van der Waals surface area contributed by atoms with Gasteiger partial charge in [-0.05, 0) is 38.7 Å². The molecule has 200 valence electrons. The van der Waals surface area contributed by atoms with E-state index in [1.54, 1.807) is 6.92 Å². The summed E-state index contributed by atoms with van der Waals surface area (Å²) in [4.78, 5) is 86.1. The molecule has 12 heteroatoms. The number of carboxylic acids is 1. The number of carboxylic acid groups (broad SMARTS) is 1. The number of hydrogen-bond acceptors (Lipinski definition) is 8. The van der Waals surface area contributed by atoms with Crippen LogP contribution in [-0.4, -0.2) is 94.6 Å². The van der Waals surface area contributed by atoms with Crippen molar-refractivity contribution in [2.24, 2.45) is 5.41 Å². The van der Waals surface area contributed by atoms with Crippen LogP contribution in [-0.2, 0) is 38.3 Å². The van der Waals surface area contributed by atoms with Crippen molar-refractivity contribution in [1.82, 2.24) is 14.7 Å². The molecule has 1 atom stereocenters. The molecular formula is C25H31N3O9. The second-order valence-electron chi connectivity index (χ2n) is 8.80. The molecule has 0 aliphatic carbocycles. The molecule has 2 aliphatic heterocycles. The molecule has 0 aromatic carbocycles. The summed E-state index contributed by atoms with van der Waals surface area (Å²) in [7, 11) is 0. The lowest BCUT2D eigenvalue weighted by atomic mass is 9.78. The predicted octanol–water partition coefficient (Wildman–Crippen LogP) is 0.436. The zero-order chi connectivity index (χ0) is 27.4. The molecule has 0 bridgehead atoms. The Balaban J connectivity index is 2.21. The fourth-order valence-corrected chi connectivity index (χ4v) is 4.18. The first kappa shape index (κ1) is 29.3. The van der Waals surface area contributed by atoms with Gasteiger partial charge in [-0.1, -0.05) is 6.08 Å². The molecule has 2 aliphatic rings. The SMILES string of the molecule is C/C=C\C(=O)N(C=O)CCCC(CCCN1C(=O)C=CC1=O)(COCCC(=O)O)CN1C(=O)C=CC1=O. The van der Waals surface area contributed by atoms with E-state index in [-0.39, 0.29) is 39.3 Å². The largest absolute Gasteiger partial charge is 0.481 e. The Hall–Kier alpha value is -3.93. The quantitative estimate of drug-likeness (QED) is 0.125. The zero-order valence-corrected chi connectivity index (χ0v) is 20.7. The number of hydrogen-bond donors (Lipinski definition) is 1. The number of carbonyl (C=O) groups is 7. The molecule has 0 spiro atoms. The Labute approximate surface area is 214 Å². The molecule has 37 heavy (non-hydrogen) atoms. The number of ether oxygens (including phenoxy) is 1. The van der Waals surface area contributed by atoms with E-state index in [1.165, 1.54) is 24.3 Å².